The zero-order chi connectivity index (χ0) is 13.2. The molecule has 0 aliphatic rings. The van der Waals surface area contributed by atoms with Gasteiger partial charge in [0.2, 0.25) is 0 Å². The Kier molecular flexibility index (Phi) is 3.93. The first-order valence-electron chi connectivity index (χ1n) is 5.81. The summed E-state index contributed by atoms with van der Waals surface area (Å²) in [5.74, 6) is -0.857. The Morgan fingerprint density at radius 2 is 2.06 bits per heavy atom. The highest BCUT2D eigenvalue weighted by atomic mass is 16.4. The van der Waals surface area contributed by atoms with Gasteiger partial charge in [0.25, 0.3) is 0 Å². The number of nitrogens with one attached hydrogen (secondary N) is 1. The summed E-state index contributed by atoms with van der Waals surface area (Å²) in [5.41, 5.74) is 2.11. The fourth-order valence-electron chi connectivity index (χ4n) is 1.83. The van der Waals surface area contributed by atoms with E-state index in [9.17, 15) is 9.90 Å². The highest BCUT2D eigenvalue weighted by molar-refractivity contribution is 5.78. The molecule has 5 heteroatoms. The standard InChI is InChI=1S/C12H21N3O2/c1-6-13-12(5,11(16)17)7-15-10(4)8(2)9(3)14-15/h13H,6-7H2,1-5H3,(H,16,17). The zero-order valence-electron chi connectivity index (χ0n) is 11.2. The molecule has 1 unspecified atom stereocenters. The van der Waals surface area contributed by atoms with Gasteiger partial charge in [-0.1, -0.05) is 6.92 Å². The van der Waals surface area contributed by atoms with E-state index < -0.39 is 11.5 Å². The van der Waals surface area contributed by atoms with Crippen LogP contribution in [0, 0.1) is 20.8 Å². The second-order valence-electron chi connectivity index (χ2n) is 4.62. The Bertz CT molecular complexity index is 426. The first-order chi connectivity index (χ1) is 7.81. The third-order valence-electron chi connectivity index (χ3n) is 3.25. The van der Waals surface area contributed by atoms with E-state index in [0.717, 1.165) is 17.0 Å². The monoisotopic (exact) mass is 239 g/mol. The normalized spacial score (nSPS) is 14.6. The Labute approximate surface area is 102 Å². The van der Waals surface area contributed by atoms with E-state index in [1.807, 2.05) is 27.7 Å². The maximum atomic E-state index is 11.3. The van der Waals surface area contributed by atoms with Crippen LogP contribution in [-0.2, 0) is 11.3 Å². The number of aryl methyl sites for hydroxylation is 1. The molecule has 0 aliphatic carbocycles. The summed E-state index contributed by atoms with van der Waals surface area (Å²) in [6.45, 7) is 10.4. The molecule has 1 aromatic rings. The lowest BCUT2D eigenvalue weighted by Gasteiger charge is -2.26. The predicted molar refractivity (Wildman–Crippen MR) is 66.2 cm³/mol. The number of carbonyl (C=O) groups is 1. The SMILES string of the molecule is CCNC(C)(Cn1nc(C)c(C)c1C)C(=O)O. The second-order valence-corrected chi connectivity index (χ2v) is 4.62. The third kappa shape index (κ3) is 2.66. The first kappa shape index (κ1) is 13.7. The van der Waals surface area contributed by atoms with Crippen LogP contribution >= 0.6 is 0 Å². The maximum Gasteiger partial charge on any atom is 0.325 e. The second kappa shape index (κ2) is 4.87. The average Bonchev–Trinajstić information content (AvgIpc) is 2.46. The van der Waals surface area contributed by atoms with Gasteiger partial charge < -0.3 is 10.4 Å². The van der Waals surface area contributed by atoms with Crippen molar-refractivity contribution in [1.29, 1.82) is 0 Å². The molecule has 96 valence electrons. The highest BCUT2D eigenvalue weighted by Crippen LogP contribution is 2.15. The van der Waals surface area contributed by atoms with E-state index in [2.05, 4.69) is 10.4 Å². The van der Waals surface area contributed by atoms with E-state index in [4.69, 9.17) is 0 Å². The quantitative estimate of drug-likeness (QED) is 0.811. The number of hydrogen-bond acceptors (Lipinski definition) is 3. The summed E-state index contributed by atoms with van der Waals surface area (Å²) in [6.07, 6.45) is 0. The van der Waals surface area contributed by atoms with Gasteiger partial charge in [0.05, 0.1) is 12.2 Å². The molecule has 5 nitrogen and oxygen atoms in total. The van der Waals surface area contributed by atoms with Crippen LogP contribution in [0.2, 0.25) is 0 Å². The number of aliphatic carboxylic acids is 1. The maximum absolute atomic E-state index is 11.3. The Morgan fingerprint density at radius 1 is 1.47 bits per heavy atom. The molecule has 17 heavy (non-hydrogen) atoms. The van der Waals surface area contributed by atoms with Crippen LogP contribution in [0.1, 0.15) is 30.8 Å². The smallest absolute Gasteiger partial charge is 0.325 e. The number of likely N-dealkylation sites (N-methyl/N-ethyl adjacent to an activating group) is 1. The van der Waals surface area contributed by atoms with Crippen molar-refractivity contribution in [2.75, 3.05) is 6.54 Å². The summed E-state index contributed by atoms with van der Waals surface area (Å²) < 4.78 is 1.77. The van der Waals surface area contributed by atoms with Crippen molar-refractivity contribution in [1.82, 2.24) is 15.1 Å². The van der Waals surface area contributed by atoms with Crippen molar-refractivity contribution in [3.05, 3.63) is 17.0 Å². The molecule has 2 N–H and O–H groups in total. The number of carboxylic acids is 1. The molecule has 0 fully saturated rings. The lowest BCUT2D eigenvalue weighted by Crippen LogP contribution is -2.52. The number of nitrogens with zero attached hydrogens (tertiary/aromatic N) is 2. The van der Waals surface area contributed by atoms with E-state index >= 15 is 0 Å². The van der Waals surface area contributed by atoms with Crippen LogP contribution in [0.4, 0.5) is 0 Å². The van der Waals surface area contributed by atoms with Gasteiger partial charge in [-0.25, -0.2) is 0 Å². The Morgan fingerprint density at radius 3 is 2.41 bits per heavy atom. The molecule has 0 spiro atoms. The van der Waals surface area contributed by atoms with Gasteiger partial charge in [0.15, 0.2) is 0 Å². The lowest BCUT2D eigenvalue weighted by molar-refractivity contribution is -0.144. The Balaban J connectivity index is 3.02. The van der Waals surface area contributed by atoms with E-state index in [0.29, 0.717) is 13.1 Å². The minimum atomic E-state index is -0.982. The summed E-state index contributed by atoms with van der Waals surface area (Å²) >= 11 is 0. The number of rotatable bonds is 5. The first-order valence-corrected chi connectivity index (χ1v) is 5.81. The molecule has 1 rings (SSSR count). The predicted octanol–water partition coefficient (Wildman–Crippen LogP) is 1.26. The van der Waals surface area contributed by atoms with Crippen LogP contribution in [0.3, 0.4) is 0 Å². The van der Waals surface area contributed by atoms with Crippen LogP contribution in [-0.4, -0.2) is 32.9 Å². The van der Waals surface area contributed by atoms with Crippen molar-refractivity contribution >= 4 is 5.97 Å². The molecule has 0 aliphatic heterocycles. The Hall–Kier alpha value is -1.36. The van der Waals surface area contributed by atoms with Gasteiger partial charge in [-0.05, 0) is 39.8 Å². The molecule has 0 bridgehead atoms. The van der Waals surface area contributed by atoms with Gasteiger partial charge in [-0.15, -0.1) is 0 Å². The zero-order valence-corrected chi connectivity index (χ0v) is 11.2. The van der Waals surface area contributed by atoms with Gasteiger partial charge >= 0.3 is 5.97 Å². The van der Waals surface area contributed by atoms with Crippen LogP contribution in [0.5, 0.6) is 0 Å². The van der Waals surface area contributed by atoms with E-state index in [1.165, 1.54) is 0 Å². The highest BCUT2D eigenvalue weighted by Gasteiger charge is 2.33. The van der Waals surface area contributed by atoms with Crippen molar-refractivity contribution in [2.24, 2.45) is 0 Å². The molecule has 0 saturated heterocycles. The van der Waals surface area contributed by atoms with Crippen molar-refractivity contribution in [3.63, 3.8) is 0 Å². The molecule has 1 aromatic heterocycles. The van der Waals surface area contributed by atoms with Crippen molar-refractivity contribution < 1.29 is 9.90 Å². The molecular weight excluding hydrogens is 218 g/mol. The molecule has 1 heterocycles. The fourth-order valence-corrected chi connectivity index (χ4v) is 1.83. The van der Waals surface area contributed by atoms with E-state index in [1.54, 1.807) is 11.6 Å². The van der Waals surface area contributed by atoms with Crippen LogP contribution < -0.4 is 5.32 Å². The number of carboxylic acid groups (broad SMARTS) is 1. The van der Waals surface area contributed by atoms with Gasteiger partial charge in [-0.3, -0.25) is 9.48 Å². The summed E-state index contributed by atoms with van der Waals surface area (Å²) in [6, 6.07) is 0. The van der Waals surface area contributed by atoms with Crippen LogP contribution in [0.25, 0.3) is 0 Å². The molecule has 0 radical (unpaired) electrons. The molecule has 0 saturated carbocycles. The van der Waals surface area contributed by atoms with Crippen LogP contribution in [0.15, 0.2) is 0 Å². The largest absolute Gasteiger partial charge is 0.480 e. The number of aromatic nitrogens is 2. The van der Waals surface area contributed by atoms with Gasteiger partial charge in [0, 0.05) is 5.69 Å². The molecule has 0 amide bonds. The van der Waals surface area contributed by atoms with E-state index in [-0.39, 0.29) is 0 Å². The molecular formula is C12H21N3O2. The molecule has 0 aromatic carbocycles. The minimum Gasteiger partial charge on any atom is -0.480 e. The minimum absolute atomic E-state index is 0.330. The topological polar surface area (TPSA) is 67.2 Å². The van der Waals surface area contributed by atoms with Gasteiger partial charge in [0.1, 0.15) is 5.54 Å². The summed E-state index contributed by atoms with van der Waals surface area (Å²) in [4.78, 5) is 11.3. The summed E-state index contributed by atoms with van der Waals surface area (Å²) in [5, 5.41) is 16.7. The van der Waals surface area contributed by atoms with Crippen molar-refractivity contribution in [3.8, 4) is 0 Å². The third-order valence-corrected chi connectivity index (χ3v) is 3.25. The average molecular weight is 239 g/mol. The van der Waals surface area contributed by atoms with Gasteiger partial charge in [-0.2, -0.15) is 5.10 Å². The summed E-state index contributed by atoms with van der Waals surface area (Å²) in [7, 11) is 0. The van der Waals surface area contributed by atoms with Crippen molar-refractivity contribution in [2.45, 2.75) is 46.7 Å². The molecule has 1 atom stereocenters. The fraction of sp³-hybridized carbons (Fsp3) is 0.667. The number of hydrogen-bond donors (Lipinski definition) is 2. The lowest BCUT2D eigenvalue weighted by atomic mass is 10.0.